The predicted molar refractivity (Wildman–Crippen MR) is 45.3 cm³/mol. The van der Waals surface area contributed by atoms with Crippen molar-refractivity contribution in [1.29, 1.82) is 0 Å². The molecule has 0 aliphatic heterocycles. The van der Waals surface area contributed by atoms with Gasteiger partial charge in [0, 0.05) is 6.20 Å². The third-order valence-electron chi connectivity index (χ3n) is 1.28. The van der Waals surface area contributed by atoms with Crippen LogP contribution in [0.15, 0.2) is 18.3 Å². The Morgan fingerprint density at radius 3 is 2.08 bits per heavy atom. The molecule has 0 aliphatic carbocycles. The van der Waals surface area contributed by atoms with Crippen molar-refractivity contribution in [2.24, 2.45) is 0 Å². The fourth-order valence-electron chi connectivity index (χ4n) is 0.782. The molecule has 13 heavy (non-hydrogen) atoms. The summed E-state index contributed by atoms with van der Waals surface area (Å²) in [6, 6.07) is 2.86. The van der Waals surface area contributed by atoms with E-state index in [1.807, 2.05) is 13.8 Å². The number of nitrogens with zero attached hydrogens (tertiary/aromatic N) is 1. The largest absolute Gasteiger partial charge is 0.433 e. The highest BCUT2D eigenvalue weighted by atomic mass is 19.4. The van der Waals surface area contributed by atoms with Gasteiger partial charge in [-0.1, -0.05) is 19.9 Å². The number of rotatable bonds is 0. The molecule has 1 aromatic rings. The molecular weight excluding hydrogens is 179 g/mol. The van der Waals surface area contributed by atoms with E-state index in [9.17, 15) is 13.2 Å². The predicted octanol–water partition coefficient (Wildman–Crippen LogP) is 3.44. The van der Waals surface area contributed by atoms with E-state index in [1.54, 1.807) is 0 Å². The van der Waals surface area contributed by atoms with Crippen LogP contribution in [0.3, 0.4) is 0 Å². The first-order valence-corrected chi connectivity index (χ1v) is 4.00. The van der Waals surface area contributed by atoms with E-state index < -0.39 is 11.9 Å². The van der Waals surface area contributed by atoms with Crippen LogP contribution >= 0.6 is 0 Å². The standard InChI is InChI=1S/C7H6F3N.C2H6/c1-5-3-2-4-11-6(5)7(8,9)10;1-2/h2-4H,1H3;1-2H3. The average molecular weight is 191 g/mol. The number of halogens is 3. The summed E-state index contributed by atoms with van der Waals surface area (Å²) in [4.78, 5) is 3.22. The monoisotopic (exact) mass is 191 g/mol. The molecule has 0 spiro atoms. The molecule has 0 bridgehead atoms. The minimum Gasteiger partial charge on any atom is -0.252 e. The lowest BCUT2D eigenvalue weighted by Gasteiger charge is -2.06. The molecule has 0 radical (unpaired) electrons. The van der Waals surface area contributed by atoms with Crippen molar-refractivity contribution in [1.82, 2.24) is 4.98 Å². The summed E-state index contributed by atoms with van der Waals surface area (Å²) in [6.45, 7) is 5.38. The van der Waals surface area contributed by atoms with Gasteiger partial charge >= 0.3 is 6.18 Å². The zero-order valence-electron chi connectivity index (χ0n) is 7.81. The second-order valence-electron chi connectivity index (χ2n) is 2.17. The molecule has 1 aromatic heterocycles. The molecule has 0 saturated heterocycles. The first kappa shape index (κ1) is 11.9. The van der Waals surface area contributed by atoms with E-state index in [1.165, 1.54) is 19.1 Å². The highest BCUT2D eigenvalue weighted by molar-refractivity contribution is 5.19. The Bertz CT molecular complexity index is 255. The van der Waals surface area contributed by atoms with Crippen LogP contribution < -0.4 is 0 Å². The van der Waals surface area contributed by atoms with Crippen molar-refractivity contribution in [3.8, 4) is 0 Å². The lowest BCUT2D eigenvalue weighted by Crippen LogP contribution is -2.09. The van der Waals surface area contributed by atoms with Crippen molar-refractivity contribution >= 4 is 0 Å². The van der Waals surface area contributed by atoms with Crippen molar-refractivity contribution in [2.45, 2.75) is 26.9 Å². The highest BCUT2D eigenvalue weighted by Crippen LogP contribution is 2.29. The van der Waals surface area contributed by atoms with E-state index in [0.29, 0.717) is 0 Å². The van der Waals surface area contributed by atoms with Crippen LogP contribution in [-0.2, 0) is 6.18 Å². The van der Waals surface area contributed by atoms with Gasteiger partial charge in [-0.2, -0.15) is 13.2 Å². The Labute approximate surface area is 75.6 Å². The van der Waals surface area contributed by atoms with E-state index in [-0.39, 0.29) is 5.56 Å². The maximum atomic E-state index is 12.0. The summed E-state index contributed by atoms with van der Waals surface area (Å²) in [5, 5.41) is 0. The van der Waals surface area contributed by atoms with Gasteiger partial charge in [0.15, 0.2) is 0 Å². The molecule has 4 heteroatoms. The van der Waals surface area contributed by atoms with Crippen LogP contribution in [0.1, 0.15) is 25.1 Å². The normalized spacial score (nSPS) is 10.3. The number of aryl methyl sites for hydroxylation is 1. The smallest absolute Gasteiger partial charge is 0.252 e. The first-order valence-electron chi connectivity index (χ1n) is 4.00. The summed E-state index contributed by atoms with van der Waals surface area (Å²) in [5.74, 6) is 0. The third-order valence-corrected chi connectivity index (χ3v) is 1.28. The summed E-state index contributed by atoms with van der Waals surface area (Å²) >= 11 is 0. The van der Waals surface area contributed by atoms with Crippen LogP contribution in [-0.4, -0.2) is 4.98 Å². The molecule has 0 saturated carbocycles. The van der Waals surface area contributed by atoms with Gasteiger partial charge in [0.25, 0.3) is 0 Å². The number of alkyl halides is 3. The number of aromatic nitrogens is 1. The zero-order valence-corrected chi connectivity index (χ0v) is 7.81. The second-order valence-corrected chi connectivity index (χ2v) is 2.17. The molecule has 1 nitrogen and oxygen atoms in total. The lowest BCUT2D eigenvalue weighted by atomic mass is 10.2. The summed E-state index contributed by atoms with van der Waals surface area (Å²) in [5.41, 5.74) is -0.653. The topological polar surface area (TPSA) is 12.9 Å². The van der Waals surface area contributed by atoms with Crippen LogP contribution in [0.4, 0.5) is 13.2 Å². The van der Waals surface area contributed by atoms with Crippen molar-refractivity contribution in [2.75, 3.05) is 0 Å². The Morgan fingerprint density at radius 2 is 1.77 bits per heavy atom. The van der Waals surface area contributed by atoms with Gasteiger partial charge in [0.2, 0.25) is 0 Å². The minimum absolute atomic E-state index is 0.153. The molecule has 0 aliphatic rings. The van der Waals surface area contributed by atoms with Gasteiger partial charge in [-0.3, -0.25) is 4.98 Å². The molecular formula is C9H12F3N. The molecule has 0 unspecified atom stereocenters. The average Bonchev–Trinajstić information content (AvgIpc) is 2.07. The summed E-state index contributed by atoms with van der Waals surface area (Å²) in [6.07, 6.45) is -3.19. The molecule has 0 N–H and O–H groups in total. The fourth-order valence-corrected chi connectivity index (χ4v) is 0.782. The van der Waals surface area contributed by atoms with Crippen LogP contribution in [0.2, 0.25) is 0 Å². The summed E-state index contributed by atoms with van der Waals surface area (Å²) in [7, 11) is 0. The van der Waals surface area contributed by atoms with Gasteiger partial charge in [-0.15, -0.1) is 0 Å². The van der Waals surface area contributed by atoms with Crippen LogP contribution in [0.25, 0.3) is 0 Å². The molecule has 1 heterocycles. The molecule has 0 amide bonds. The molecule has 1 rings (SSSR count). The van der Waals surface area contributed by atoms with Gasteiger partial charge < -0.3 is 0 Å². The van der Waals surface area contributed by atoms with Crippen molar-refractivity contribution < 1.29 is 13.2 Å². The maximum absolute atomic E-state index is 12.0. The Hall–Kier alpha value is -1.06. The maximum Gasteiger partial charge on any atom is 0.433 e. The number of pyridine rings is 1. The van der Waals surface area contributed by atoms with Gasteiger partial charge in [0.05, 0.1) is 0 Å². The fraction of sp³-hybridized carbons (Fsp3) is 0.444. The van der Waals surface area contributed by atoms with E-state index in [4.69, 9.17) is 0 Å². The Kier molecular flexibility index (Phi) is 4.45. The first-order chi connectivity index (χ1) is 6.02. The minimum atomic E-state index is -4.33. The molecule has 0 atom stereocenters. The Balaban J connectivity index is 0.000000671. The van der Waals surface area contributed by atoms with Crippen molar-refractivity contribution in [3.05, 3.63) is 29.6 Å². The van der Waals surface area contributed by atoms with E-state index in [2.05, 4.69) is 4.98 Å². The highest BCUT2D eigenvalue weighted by Gasteiger charge is 2.33. The zero-order chi connectivity index (χ0) is 10.5. The van der Waals surface area contributed by atoms with E-state index >= 15 is 0 Å². The van der Waals surface area contributed by atoms with Gasteiger partial charge in [-0.05, 0) is 18.6 Å². The quantitative estimate of drug-likeness (QED) is 0.612. The number of hydrogen-bond acceptors (Lipinski definition) is 1. The molecule has 0 fully saturated rings. The molecule has 0 aromatic carbocycles. The van der Waals surface area contributed by atoms with Crippen LogP contribution in [0, 0.1) is 6.92 Å². The van der Waals surface area contributed by atoms with Crippen molar-refractivity contribution in [3.63, 3.8) is 0 Å². The molecule has 74 valence electrons. The van der Waals surface area contributed by atoms with Crippen LogP contribution in [0.5, 0.6) is 0 Å². The lowest BCUT2D eigenvalue weighted by molar-refractivity contribution is -0.141. The van der Waals surface area contributed by atoms with Gasteiger partial charge in [-0.25, -0.2) is 0 Å². The number of hydrogen-bond donors (Lipinski definition) is 0. The SMILES string of the molecule is CC.Cc1cccnc1C(F)(F)F. The van der Waals surface area contributed by atoms with E-state index in [0.717, 1.165) is 6.20 Å². The Morgan fingerprint density at radius 1 is 1.23 bits per heavy atom. The second kappa shape index (κ2) is 4.84. The third kappa shape index (κ3) is 3.44. The summed E-state index contributed by atoms with van der Waals surface area (Å²) < 4.78 is 36.0. The van der Waals surface area contributed by atoms with Gasteiger partial charge in [0.1, 0.15) is 5.69 Å².